The summed E-state index contributed by atoms with van der Waals surface area (Å²) < 4.78 is 9.92. The van der Waals surface area contributed by atoms with Gasteiger partial charge in [-0.2, -0.15) is 0 Å². The average Bonchev–Trinajstić information content (AvgIpc) is 2.78. The second kappa shape index (κ2) is 6.55. The molecule has 2 rings (SSSR count). The van der Waals surface area contributed by atoms with Crippen LogP contribution in [-0.2, 0) is 23.9 Å². The molecule has 1 aromatic carbocycles. The predicted octanol–water partition coefficient (Wildman–Crippen LogP) is -0.278. The van der Waals surface area contributed by atoms with E-state index in [4.69, 9.17) is 0 Å². The summed E-state index contributed by atoms with van der Waals surface area (Å²) in [6.45, 7) is -0.268. The highest BCUT2D eigenvalue weighted by Gasteiger charge is 2.40. The maximum Gasteiger partial charge on any atom is 0.399 e. The van der Waals surface area contributed by atoms with Crippen LogP contribution in [0.15, 0.2) is 28.7 Å². The molecule has 1 saturated heterocycles. The highest BCUT2D eigenvalue weighted by atomic mass is 79.9. The van der Waals surface area contributed by atoms with Crippen molar-refractivity contribution < 1.29 is 29.0 Å². The molecule has 1 fully saturated rings. The van der Waals surface area contributed by atoms with Gasteiger partial charge in [-0.15, -0.1) is 0 Å². The number of benzene rings is 1. The van der Waals surface area contributed by atoms with Gasteiger partial charge in [0.15, 0.2) is 0 Å². The third-order valence-corrected chi connectivity index (χ3v) is 3.09. The SMILES string of the molecule is O=C(NNc1ccc(Br)cc1)C(=O)O[C@H]1C(=O)OC[C@@H]1O. The molecular weight excluding hydrogens is 348 g/mol. The van der Waals surface area contributed by atoms with Gasteiger partial charge in [-0.1, -0.05) is 15.9 Å². The molecule has 0 spiro atoms. The molecule has 3 N–H and O–H groups in total. The minimum absolute atomic E-state index is 0.268. The molecule has 2 atom stereocenters. The van der Waals surface area contributed by atoms with Crippen molar-refractivity contribution >= 4 is 39.5 Å². The lowest BCUT2D eigenvalue weighted by molar-refractivity contribution is -0.167. The van der Waals surface area contributed by atoms with Crippen LogP contribution in [0, 0.1) is 0 Å². The van der Waals surface area contributed by atoms with Gasteiger partial charge in [0.05, 0.1) is 5.69 Å². The molecule has 1 aromatic rings. The van der Waals surface area contributed by atoms with Gasteiger partial charge in [-0.25, -0.2) is 9.59 Å². The van der Waals surface area contributed by atoms with Crippen molar-refractivity contribution in [3.05, 3.63) is 28.7 Å². The van der Waals surface area contributed by atoms with Gasteiger partial charge >= 0.3 is 17.8 Å². The minimum Gasteiger partial charge on any atom is -0.460 e. The lowest BCUT2D eigenvalue weighted by atomic mass is 10.2. The molecule has 0 bridgehead atoms. The first-order chi connectivity index (χ1) is 9.97. The zero-order valence-corrected chi connectivity index (χ0v) is 12.1. The van der Waals surface area contributed by atoms with E-state index in [1.807, 2.05) is 0 Å². The van der Waals surface area contributed by atoms with E-state index in [0.29, 0.717) is 5.69 Å². The molecule has 112 valence electrons. The smallest absolute Gasteiger partial charge is 0.399 e. The van der Waals surface area contributed by atoms with E-state index in [9.17, 15) is 19.5 Å². The van der Waals surface area contributed by atoms with Crippen LogP contribution in [0.25, 0.3) is 0 Å². The first-order valence-corrected chi connectivity index (χ1v) is 6.64. The molecular formula is C12H11BrN2O6. The number of hydrazine groups is 1. The Morgan fingerprint density at radius 2 is 2.00 bits per heavy atom. The Morgan fingerprint density at radius 3 is 2.57 bits per heavy atom. The Bertz CT molecular complexity index is 561. The molecule has 0 unspecified atom stereocenters. The Kier molecular flexibility index (Phi) is 4.76. The molecule has 0 saturated carbocycles. The van der Waals surface area contributed by atoms with Crippen LogP contribution in [0.3, 0.4) is 0 Å². The second-order valence-electron chi connectivity index (χ2n) is 4.11. The molecule has 0 aliphatic carbocycles. The molecule has 1 amide bonds. The number of rotatable bonds is 3. The van der Waals surface area contributed by atoms with Crippen molar-refractivity contribution in [2.75, 3.05) is 12.0 Å². The summed E-state index contributed by atoms with van der Waals surface area (Å²) >= 11 is 3.25. The van der Waals surface area contributed by atoms with Crippen LogP contribution in [0.5, 0.6) is 0 Å². The number of hydrogen-bond acceptors (Lipinski definition) is 7. The Hall–Kier alpha value is -2.13. The molecule has 0 radical (unpaired) electrons. The van der Waals surface area contributed by atoms with Gasteiger partial charge in [-0.05, 0) is 24.3 Å². The van der Waals surface area contributed by atoms with Crippen molar-refractivity contribution in [1.29, 1.82) is 0 Å². The number of nitrogens with one attached hydrogen (secondary N) is 2. The fourth-order valence-corrected chi connectivity index (χ4v) is 1.77. The van der Waals surface area contributed by atoms with Gasteiger partial charge in [0.1, 0.15) is 12.7 Å². The van der Waals surface area contributed by atoms with E-state index in [0.717, 1.165) is 4.47 Å². The van der Waals surface area contributed by atoms with Crippen LogP contribution in [0.2, 0.25) is 0 Å². The fraction of sp³-hybridized carbons (Fsp3) is 0.250. The van der Waals surface area contributed by atoms with Crippen molar-refractivity contribution in [3.8, 4) is 0 Å². The number of ether oxygens (including phenoxy) is 2. The van der Waals surface area contributed by atoms with Gasteiger partial charge in [0.25, 0.3) is 0 Å². The molecule has 1 aliphatic rings. The molecule has 1 aliphatic heterocycles. The van der Waals surface area contributed by atoms with Gasteiger partial charge < -0.3 is 14.6 Å². The van der Waals surface area contributed by atoms with Gasteiger partial charge in [-0.3, -0.25) is 15.6 Å². The maximum atomic E-state index is 11.5. The van der Waals surface area contributed by atoms with E-state index in [1.54, 1.807) is 24.3 Å². The zero-order valence-electron chi connectivity index (χ0n) is 10.5. The summed E-state index contributed by atoms with van der Waals surface area (Å²) in [5, 5.41) is 9.35. The fourth-order valence-electron chi connectivity index (χ4n) is 1.50. The van der Waals surface area contributed by atoms with Crippen molar-refractivity contribution in [2.24, 2.45) is 0 Å². The average molecular weight is 359 g/mol. The number of aliphatic hydroxyl groups excluding tert-OH is 1. The van der Waals surface area contributed by atoms with Crippen LogP contribution in [0.1, 0.15) is 0 Å². The number of hydrogen-bond donors (Lipinski definition) is 3. The van der Waals surface area contributed by atoms with E-state index < -0.39 is 30.1 Å². The summed E-state index contributed by atoms with van der Waals surface area (Å²) in [4.78, 5) is 34.1. The summed E-state index contributed by atoms with van der Waals surface area (Å²) in [5.74, 6) is -3.29. The van der Waals surface area contributed by atoms with Crippen LogP contribution in [-0.4, -0.2) is 41.8 Å². The van der Waals surface area contributed by atoms with Gasteiger partial charge in [0.2, 0.25) is 6.10 Å². The number of esters is 2. The van der Waals surface area contributed by atoms with E-state index in [2.05, 4.69) is 36.3 Å². The number of amides is 1. The highest BCUT2D eigenvalue weighted by molar-refractivity contribution is 9.10. The maximum absolute atomic E-state index is 11.5. The van der Waals surface area contributed by atoms with E-state index >= 15 is 0 Å². The number of aliphatic hydroxyl groups is 1. The number of cyclic esters (lactones) is 1. The lowest BCUT2D eigenvalue weighted by Crippen LogP contribution is -2.41. The first kappa shape index (κ1) is 15.3. The number of anilines is 1. The summed E-state index contributed by atoms with van der Waals surface area (Å²) in [5.41, 5.74) is 5.15. The van der Waals surface area contributed by atoms with Crippen molar-refractivity contribution in [2.45, 2.75) is 12.2 Å². The standard InChI is InChI=1S/C12H11BrN2O6/c13-6-1-3-7(4-2-6)14-15-10(17)12(19)21-9-8(16)5-20-11(9)18/h1-4,8-9,14,16H,5H2,(H,15,17)/t8-,9+/m0/s1. The summed E-state index contributed by atoms with van der Waals surface area (Å²) in [6.07, 6.45) is -2.75. The van der Waals surface area contributed by atoms with Crippen LogP contribution >= 0.6 is 15.9 Å². The molecule has 0 aromatic heterocycles. The van der Waals surface area contributed by atoms with E-state index in [1.165, 1.54) is 0 Å². The molecule has 8 nitrogen and oxygen atoms in total. The van der Waals surface area contributed by atoms with Crippen LogP contribution in [0.4, 0.5) is 5.69 Å². The Morgan fingerprint density at radius 1 is 1.33 bits per heavy atom. The third-order valence-electron chi connectivity index (χ3n) is 2.56. The third kappa shape index (κ3) is 3.92. The summed E-state index contributed by atoms with van der Waals surface area (Å²) in [6, 6.07) is 6.79. The van der Waals surface area contributed by atoms with Gasteiger partial charge in [0, 0.05) is 4.47 Å². The molecule has 21 heavy (non-hydrogen) atoms. The topological polar surface area (TPSA) is 114 Å². The monoisotopic (exact) mass is 358 g/mol. The first-order valence-electron chi connectivity index (χ1n) is 5.84. The van der Waals surface area contributed by atoms with Crippen molar-refractivity contribution in [3.63, 3.8) is 0 Å². The van der Waals surface area contributed by atoms with Crippen LogP contribution < -0.4 is 10.9 Å². The number of carbonyl (C=O) groups excluding carboxylic acids is 3. The van der Waals surface area contributed by atoms with E-state index in [-0.39, 0.29) is 6.61 Å². The second-order valence-corrected chi connectivity index (χ2v) is 5.02. The normalized spacial score (nSPS) is 20.6. The Labute approximate surface area is 127 Å². The quantitative estimate of drug-likeness (QED) is 0.386. The molecule has 1 heterocycles. The van der Waals surface area contributed by atoms with Crippen molar-refractivity contribution in [1.82, 2.24) is 5.43 Å². The minimum atomic E-state index is -1.48. The Balaban J connectivity index is 1.84. The molecule has 9 heteroatoms. The lowest BCUT2D eigenvalue weighted by Gasteiger charge is -2.12. The summed E-state index contributed by atoms with van der Waals surface area (Å²) in [7, 11) is 0. The largest absolute Gasteiger partial charge is 0.460 e. The predicted molar refractivity (Wildman–Crippen MR) is 72.8 cm³/mol. The number of halogens is 1. The highest BCUT2D eigenvalue weighted by Crippen LogP contribution is 2.13. The number of carbonyl (C=O) groups is 3. The zero-order chi connectivity index (χ0) is 15.4.